The summed E-state index contributed by atoms with van der Waals surface area (Å²) in [5.74, 6) is 0. The molecule has 0 saturated carbocycles. The van der Waals surface area contributed by atoms with Gasteiger partial charge in [0.25, 0.3) is 0 Å². The third-order valence-corrected chi connectivity index (χ3v) is 3.58. The highest BCUT2D eigenvalue weighted by atomic mass is 16.5. The minimum atomic E-state index is 0.676. The molecule has 1 aromatic heterocycles. The molecule has 0 saturated heterocycles. The zero-order valence-corrected chi connectivity index (χ0v) is 13.5. The second kappa shape index (κ2) is 8.70. The van der Waals surface area contributed by atoms with Crippen LogP contribution in [-0.2, 0) is 18.0 Å². The van der Waals surface area contributed by atoms with Crippen LogP contribution >= 0.6 is 0 Å². The Morgan fingerprint density at radius 2 is 1.12 bits per heavy atom. The molecular weight excluding hydrogens is 296 g/mol. The number of rotatable bonds is 4. The lowest BCUT2D eigenvalue weighted by molar-refractivity contribution is 0.107. The average Bonchev–Trinajstić information content (AvgIpc) is 3.13. The monoisotopic (exact) mass is 316 g/mol. The van der Waals surface area contributed by atoms with E-state index >= 15 is 0 Å². The number of para-hydroxylation sites is 1. The maximum atomic E-state index is 5.61. The van der Waals surface area contributed by atoms with Crippen molar-refractivity contribution in [3.05, 3.63) is 108 Å². The van der Waals surface area contributed by atoms with Gasteiger partial charge in [-0.3, -0.25) is 0 Å². The van der Waals surface area contributed by atoms with Gasteiger partial charge in [0.15, 0.2) is 0 Å². The van der Waals surface area contributed by atoms with E-state index in [0.29, 0.717) is 13.2 Å². The van der Waals surface area contributed by atoms with Gasteiger partial charge in [0.05, 0.1) is 19.5 Å². The van der Waals surface area contributed by atoms with Gasteiger partial charge in [0.2, 0.25) is 0 Å². The normalized spacial score (nSPS) is 10.2. The molecule has 0 aliphatic heterocycles. The number of hydrogen-bond donors (Lipinski definition) is 0. The molecule has 0 aliphatic rings. The second-order valence-corrected chi connectivity index (χ2v) is 5.42. The highest BCUT2D eigenvalue weighted by Crippen LogP contribution is 2.12. The molecular formula is C22H20O2. The first-order valence-corrected chi connectivity index (χ1v) is 8.00. The molecule has 0 fully saturated rings. The molecule has 0 spiro atoms. The van der Waals surface area contributed by atoms with E-state index in [0.717, 1.165) is 11.0 Å². The van der Waals surface area contributed by atoms with Crippen LogP contribution in [0.4, 0.5) is 0 Å². The van der Waals surface area contributed by atoms with Crippen LogP contribution in [0.3, 0.4) is 0 Å². The van der Waals surface area contributed by atoms with Crippen LogP contribution in [0.25, 0.3) is 11.0 Å². The van der Waals surface area contributed by atoms with Crippen molar-refractivity contribution >= 4 is 11.0 Å². The fourth-order valence-electron chi connectivity index (χ4n) is 2.34. The maximum Gasteiger partial charge on any atom is 0.133 e. The Balaban J connectivity index is 0.000000159. The Labute approximate surface area is 142 Å². The average molecular weight is 316 g/mol. The van der Waals surface area contributed by atoms with E-state index in [2.05, 4.69) is 24.3 Å². The highest BCUT2D eigenvalue weighted by Gasteiger charge is 1.93. The summed E-state index contributed by atoms with van der Waals surface area (Å²) in [7, 11) is 0. The molecule has 0 atom stereocenters. The summed E-state index contributed by atoms with van der Waals surface area (Å²) in [6, 6.07) is 30.3. The molecule has 1 heterocycles. The highest BCUT2D eigenvalue weighted by molar-refractivity contribution is 5.76. The van der Waals surface area contributed by atoms with E-state index < -0.39 is 0 Å². The van der Waals surface area contributed by atoms with Crippen LogP contribution in [0.2, 0.25) is 0 Å². The predicted molar refractivity (Wildman–Crippen MR) is 97.6 cm³/mol. The number of furan rings is 1. The largest absolute Gasteiger partial charge is 0.464 e. The molecule has 0 N–H and O–H groups in total. The van der Waals surface area contributed by atoms with Gasteiger partial charge in [-0.2, -0.15) is 0 Å². The van der Waals surface area contributed by atoms with Crippen molar-refractivity contribution in [2.24, 2.45) is 0 Å². The first-order chi connectivity index (χ1) is 11.9. The summed E-state index contributed by atoms with van der Waals surface area (Å²) in [5, 5.41) is 1.16. The van der Waals surface area contributed by atoms with E-state index in [1.807, 2.05) is 66.7 Å². The van der Waals surface area contributed by atoms with E-state index in [1.165, 1.54) is 11.1 Å². The molecule has 2 nitrogen and oxygen atoms in total. The lowest BCUT2D eigenvalue weighted by Gasteiger charge is -2.03. The van der Waals surface area contributed by atoms with E-state index in [4.69, 9.17) is 9.15 Å². The number of hydrogen-bond acceptors (Lipinski definition) is 2. The number of ether oxygens (including phenoxy) is 1. The summed E-state index contributed by atoms with van der Waals surface area (Å²) in [5.41, 5.74) is 3.39. The van der Waals surface area contributed by atoms with Crippen LogP contribution in [0.1, 0.15) is 11.1 Å². The van der Waals surface area contributed by atoms with Gasteiger partial charge in [-0.25, -0.2) is 0 Å². The van der Waals surface area contributed by atoms with E-state index in [1.54, 1.807) is 6.26 Å². The lowest BCUT2D eigenvalue weighted by atomic mass is 10.2. The Kier molecular flexibility index (Phi) is 5.81. The quantitative estimate of drug-likeness (QED) is 0.472. The van der Waals surface area contributed by atoms with Crippen molar-refractivity contribution < 1.29 is 9.15 Å². The molecule has 0 aliphatic carbocycles. The Morgan fingerprint density at radius 1 is 0.583 bits per heavy atom. The third kappa shape index (κ3) is 4.83. The SMILES string of the molecule is c1ccc(COCc2ccccc2)cc1.c1ccc2occc2c1. The molecule has 4 rings (SSSR count). The van der Waals surface area contributed by atoms with E-state index in [9.17, 15) is 0 Å². The number of benzene rings is 3. The van der Waals surface area contributed by atoms with Gasteiger partial charge in [0, 0.05) is 5.39 Å². The standard InChI is InChI=1S/C14H14O.C8H6O/c1-3-7-13(8-4-1)11-15-12-14-9-5-2-6-10-14;1-2-4-8-7(3-1)5-6-9-8/h1-10H,11-12H2;1-6H. The van der Waals surface area contributed by atoms with Crippen molar-refractivity contribution in [1.82, 2.24) is 0 Å². The van der Waals surface area contributed by atoms with Crippen LogP contribution in [0.15, 0.2) is 102 Å². The predicted octanol–water partition coefficient (Wildman–Crippen LogP) is 5.84. The molecule has 2 heteroatoms. The van der Waals surface area contributed by atoms with E-state index in [-0.39, 0.29) is 0 Å². The lowest BCUT2D eigenvalue weighted by Crippen LogP contribution is -1.93. The van der Waals surface area contributed by atoms with Gasteiger partial charge >= 0.3 is 0 Å². The zero-order valence-electron chi connectivity index (χ0n) is 13.5. The minimum absolute atomic E-state index is 0.676. The molecule has 0 unspecified atom stereocenters. The van der Waals surface area contributed by atoms with Crippen molar-refractivity contribution in [3.8, 4) is 0 Å². The first kappa shape index (κ1) is 16.0. The third-order valence-electron chi connectivity index (χ3n) is 3.58. The van der Waals surface area contributed by atoms with Gasteiger partial charge in [-0.05, 0) is 23.3 Å². The number of fused-ring (bicyclic) bond motifs is 1. The van der Waals surface area contributed by atoms with Crippen molar-refractivity contribution in [2.45, 2.75) is 13.2 Å². The zero-order chi connectivity index (χ0) is 16.5. The molecule has 0 bridgehead atoms. The first-order valence-electron chi connectivity index (χ1n) is 8.00. The second-order valence-electron chi connectivity index (χ2n) is 5.42. The van der Waals surface area contributed by atoms with Crippen molar-refractivity contribution in [3.63, 3.8) is 0 Å². The molecule has 4 aromatic rings. The molecule has 24 heavy (non-hydrogen) atoms. The fraction of sp³-hybridized carbons (Fsp3) is 0.0909. The van der Waals surface area contributed by atoms with Gasteiger partial charge in [-0.1, -0.05) is 78.9 Å². The van der Waals surface area contributed by atoms with Crippen molar-refractivity contribution in [1.29, 1.82) is 0 Å². The van der Waals surface area contributed by atoms with Gasteiger partial charge < -0.3 is 9.15 Å². The molecule has 0 radical (unpaired) electrons. The topological polar surface area (TPSA) is 22.4 Å². The Morgan fingerprint density at radius 3 is 1.71 bits per heavy atom. The summed E-state index contributed by atoms with van der Waals surface area (Å²) in [4.78, 5) is 0. The van der Waals surface area contributed by atoms with Crippen LogP contribution < -0.4 is 0 Å². The summed E-state index contributed by atoms with van der Waals surface area (Å²) in [6.07, 6.45) is 1.70. The molecule has 120 valence electrons. The van der Waals surface area contributed by atoms with Crippen LogP contribution in [0, 0.1) is 0 Å². The van der Waals surface area contributed by atoms with Crippen LogP contribution in [-0.4, -0.2) is 0 Å². The van der Waals surface area contributed by atoms with Gasteiger partial charge in [-0.15, -0.1) is 0 Å². The summed E-state index contributed by atoms with van der Waals surface area (Å²) in [6.45, 7) is 1.35. The van der Waals surface area contributed by atoms with Gasteiger partial charge in [0.1, 0.15) is 5.58 Å². The smallest absolute Gasteiger partial charge is 0.133 e. The Bertz CT molecular complexity index is 766. The summed E-state index contributed by atoms with van der Waals surface area (Å²) >= 11 is 0. The molecule has 3 aromatic carbocycles. The van der Waals surface area contributed by atoms with Crippen LogP contribution in [0.5, 0.6) is 0 Å². The maximum absolute atomic E-state index is 5.61. The van der Waals surface area contributed by atoms with Crippen molar-refractivity contribution in [2.75, 3.05) is 0 Å². The fourth-order valence-corrected chi connectivity index (χ4v) is 2.34. The Hall–Kier alpha value is -2.84. The molecule has 0 amide bonds. The minimum Gasteiger partial charge on any atom is -0.464 e. The summed E-state index contributed by atoms with van der Waals surface area (Å²) < 4.78 is 10.7.